The highest BCUT2D eigenvalue weighted by Crippen LogP contribution is 2.29. The molecule has 0 atom stereocenters. The fourth-order valence-electron chi connectivity index (χ4n) is 2.50. The largest absolute Gasteiger partial charge is 0.495 e. The number of aromatic nitrogens is 1. The van der Waals surface area contributed by atoms with Crippen molar-refractivity contribution < 1.29 is 17.9 Å². The number of nitrogens with zero attached hydrogens (tertiary/aromatic N) is 1. The van der Waals surface area contributed by atoms with Crippen molar-refractivity contribution >= 4 is 38.9 Å². The number of carbonyl (C=O) groups is 1. The van der Waals surface area contributed by atoms with Crippen LogP contribution in [0.4, 0.5) is 11.4 Å². The molecule has 0 unspecified atom stereocenters. The maximum absolute atomic E-state index is 12.9. The SMILES string of the molecule is COc1ccc(NC(=O)c2ccc(C)nc2)cc1S(=O)(=O)Nc1ccc(Cl)cc1. The second kappa shape index (κ2) is 8.50. The average molecular weight is 432 g/mol. The van der Waals surface area contributed by atoms with Gasteiger partial charge in [-0.05, 0) is 61.5 Å². The van der Waals surface area contributed by atoms with Crippen LogP contribution in [0, 0.1) is 6.92 Å². The Morgan fingerprint density at radius 1 is 1.03 bits per heavy atom. The van der Waals surface area contributed by atoms with E-state index in [4.69, 9.17) is 16.3 Å². The van der Waals surface area contributed by atoms with E-state index in [1.165, 1.54) is 25.4 Å². The molecule has 3 rings (SSSR count). The lowest BCUT2D eigenvalue weighted by atomic mass is 10.2. The average Bonchev–Trinajstić information content (AvgIpc) is 2.70. The zero-order valence-corrected chi connectivity index (χ0v) is 17.2. The van der Waals surface area contributed by atoms with Gasteiger partial charge in [0.1, 0.15) is 10.6 Å². The Hall–Kier alpha value is -3.10. The number of sulfonamides is 1. The number of aryl methyl sites for hydroxylation is 1. The molecule has 0 aliphatic heterocycles. The fourth-order valence-corrected chi connectivity index (χ4v) is 3.88. The predicted octanol–water partition coefficient (Wildman–Crippen LogP) is 4.11. The van der Waals surface area contributed by atoms with Gasteiger partial charge in [-0.3, -0.25) is 14.5 Å². The maximum atomic E-state index is 12.9. The molecule has 1 heterocycles. The van der Waals surface area contributed by atoms with Crippen molar-refractivity contribution in [2.45, 2.75) is 11.8 Å². The summed E-state index contributed by atoms with van der Waals surface area (Å²) in [6.45, 7) is 1.82. The van der Waals surface area contributed by atoms with Gasteiger partial charge in [-0.25, -0.2) is 8.42 Å². The number of halogens is 1. The van der Waals surface area contributed by atoms with Crippen molar-refractivity contribution in [2.24, 2.45) is 0 Å². The lowest BCUT2D eigenvalue weighted by Crippen LogP contribution is -2.16. The third kappa shape index (κ3) is 5.04. The molecule has 0 aliphatic rings. The summed E-state index contributed by atoms with van der Waals surface area (Å²) in [5.41, 5.74) is 1.78. The van der Waals surface area contributed by atoms with E-state index in [1.54, 1.807) is 42.5 Å². The second-order valence-corrected chi connectivity index (χ2v) is 8.21. The first kappa shape index (κ1) is 20.6. The smallest absolute Gasteiger partial charge is 0.265 e. The molecule has 3 aromatic rings. The van der Waals surface area contributed by atoms with Crippen LogP contribution in [-0.4, -0.2) is 26.4 Å². The first-order valence-corrected chi connectivity index (χ1v) is 10.3. The van der Waals surface area contributed by atoms with Gasteiger partial charge in [-0.2, -0.15) is 0 Å². The van der Waals surface area contributed by atoms with E-state index in [0.29, 0.717) is 22.0 Å². The number of rotatable bonds is 6. The summed E-state index contributed by atoms with van der Waals surface area (Å²) >= 11 is 5.83. The molecule has 1 amide bonds. The molecular formula is C20H18ClN3O4S. The summed E-state index contributed by atoms with van der Waals surface area (Å²) in [5.74, 6) is -0.266. The van der Waals surface area contributed by atoms with Gasteiger partial charge in [0.05, 0.1) is 12.7 Å². The van der Waals surface area contributed by atoms with Crippen LogP contribution in [0.3, 0.4) is 0 Å². The molecule has 7 nitrogen and oxygen atoms in total. The van der Waals surface area contributed by atoms with Crippen LogP contribution in [0.1, 0.15) is 16.1 Å². The highest BCUT2D eigenvalue weighted by molar-refractivity contribution is 7.92. The van der Waals surface area contributed by atoms with Crippen molar-refractivity contribution in [3.8, 4) is 5.75 Å². The van der Waals surface area contributed by atoms with E-state index >= 15 is 0 Å². The van der Waals surface area contributed by atoms with Crippen molar-refractivity contribution in [1.82, 2.24) is 4.98 Å². The summed E-state index contributed by atoms with van der Waals surface area (Å²) < 4.78 is 33.4. The number of methoxy groups -OCH3 is 1. The van der Waals surface area contributed by atoms with E-state index in [1.807, 2.05) is 6.92 Å². The zero-order chi connectivity index (χ0) is 21.0. The van der Waals surface area contributed by atoms with Gasteiger partial charge >= 0.3 is 0 Å². The molecule has 0 aliphatic carbocycles. The standard InChI is InChI=1S/C20H18ClN3O4S/c1-13-3-4-14(12-22-13)20(25)23-17-9-10-18(28-2)19(11-17)29(26,27)24-16-7-5-15(21)6-8-16/h3-12,24H,1-2H3,(H,23,25). The van der Waals surface area contributed by atoms with Crippen LogP contribution >= 0.6 is 11.6 Å². The minimum Gasteiger partial charge on any atom is -0.495 e. The Balaban J connectivity index is 1.88. The van der Waals surface area contributed by atoms with Gasteiger partial charge < -0.3 is 10.1 Å². The molecule has 0 radical (unpaired) electrons. The van der Waals surface area contributed by atoms with E-state index in [9.17, 15) is 13.2 Å². The Kier molecular flexibility index (Phi) is 6.05. The summed E-state index contributed by atoms with van der Waals surface area (Å²) in [7, 11) is -2.61. The van der Waals surface area contributed by atoms with E-state index in [2.05, 4.69) is 15.0 Å². The summed E-state index contributed by atoms with van der Waals surface area (Å²) in [6.07, 6.45) is 1.45. The van der Waals surface area contributed by atoms with Crippen molar-refractivity contribution in [2.75, 3.05) is 17.1 Å². The normalized spacial score (nSPS) is 11.0. The van der Waals surface area contributed by atoms with E-state index < -0.39 is 15.9 Å². The number of anilines is 2. The zero-order valence-electron chi connectivity index (χ0n) is 15.6. The van der Waals surface area contributed by atoms with Gasteiger partial charge in [0.15, 0.2) is 0 Å². The van der Waals surface area contributed by atoms with Gasteiger partial charge in [-0.15, -0.1) is 0 Å². The minimum atomic E-state index is -3.98. The van der Waals surface area contributed by atoms with E-state index in [0.717, 1.165) is 5.69 Å². The monoisotopic (exact) mass is 431 g/mol. The maximum Gasteiger partial charge on any atom is 0.265 e. The van der Waals surface area contributed by atoms with Crippen molar-refractivity contribution in [3.05, 3.63) is 77.1 Å². The van der Waals surface area contributed by atoms with E-state index in [-0.39, 0.29) is 10.6 Å². The molecule has 2 aromatic carbocycles. The third-order valence-corrected chi connectivity index (χ3v) is 5.64. The Morgan fingerprint density at radius 3 is 2.34 bits per heavy atom. The number of ether oxygens (including phenoxy) is 1. The number of carbonyl (C=O) groups excluding carboxylic acids is 1. The quantitative estimate of drug-likeness (QED) is 0.612. The lowest BCUT2D eigenvalue weighted by molar-refractivity contribution is 0.102. The molecule has 2 N–H and O–H groups in total. The molecule has 150 valence electrons. The van der Waals surface area contributed by atoms with Gasteiger partial charge in [-0.1, -0.05) is 11.6 Å². The number of hydrogen-bond donors (Lipinski definition) is 2. The number of amides is 1. The molecule has 0 bridgehead atoms. The van der Waals surface area contributed by atoms with Crippen LogP contribution in [0.15, 0.2) is 65.7 Å². The summed E-state index contributed by atoms with van der Waals surface area (Å²) in [6, 6.07) is 13.9. The predicted molar refractivity (Wildman–Crippen MR) is 112 cm³/mol. The van der Waals surface area contributed by atoms with Gasteiger partial charge in [0.25, 0.3) is 15.9 Å². The first-order valence-electron chi connectivity index (χ1n) is 8.49. The Morgan fingerprint density at radius 2 is 1.72 bits per heavy atom. The Bertz CT molecular complexity index is 1130. The molecule has 0 spiro atoms. The molecule has 0 saturated carbocycles. The first-order chi connectivity index (χ1) is 13.8. The molecule has 0 fully saturated rings. The molecular weight excluding hydrogens is 414 g/mol. The summed E-state index contributed by atoms with van der Waals surface area (Å²) in [4.78, 5) is 16.4. The highest BCUT2D eigenvalue weighted by atomic mass is 35.5. The van der Waals surface area contributed by atoms with Crippen LogP contribution < -0.4 is 14.8 Å². The molecule has 1 aromatic heterocycles. The van der Waals surface area contributed by atoms with Gasteiger partial charge in [0, 0.05) is 28.3 Å². The highest BCUT2D eigenvalue weighted by Gasteiger charge is 2.21. The number of benzene rings is 2. The summed E-state index contributed by atoms with van der Waals surface area (Å²) in [5, 5.41) is 3.16. The molecule has 9 heteroatoms. The second-order valence-electron chi connectivity index (χ2n) is 6.12. The fraction of sp³-hybridized carbons (Fsp3) is 0.100. The number of nitrogens with one attached hydrogen (secondary N) is 2. The van der Waals surface area contributed by atoms with Crippen LogP contribution in [0.5, 0.6) is 5.75 Å². The third-order valence-electron chi connectivity index (χ3n) is 3.98. The van der Waals surface area contributed by atoms with Crippen LogP contribution in [0.2, 0.25) is 5.02 Å². The van der Waals surface area contributed by atoms with Crippen molar-refractivity contribution in [3.63, 3.8) is 0 Å². The van der Waals surface area contributed by atoms with Crippen molar-refractivity contribution in [1.29, 1.82) is 0 Å². The molecule has 0 saturated heterocycles. The van der Waals surface area contributed by atoms with Crippen LogP contribution in [0.25, 0.3) is 0 Å². The number of pyridine rings is 1. The topological polar surface area (TPSA) is 97.4 Å². The van der Waals surface area contributed by atoms with Gasteiger partial charge in [0.2, 0.25) is 0 Å². The van der Waals surface area contributed by atoms with Crippen LogP contribution in [-0.2, 0) is 10.0 Å². The Labute approximate surface area is 173 Å². The minimum absolute atomic E-state index is 0.116. The molecule has 29 heavy (non-hydrogen) atoms. The number of hydrogen-bond acceptors (Lipinski definition) is 5. The lowest BCUT2D eigenvalue weighted by Gasteiger charge is -2.14.